The normalized spacial score (nSPS) is 10.2. The molecule has 0 aliphatic heterocycles. The predicted octanol–water partition coefficient (Wildman–Crippen LogP) is 3.39. The van der Waals surface area contributed by atoms with Crippen molar-refractivity contribution in [3.05, 3.63) is 26.8 Å². The van der Waals surface area contributed by atoms with Crippen LogP contribution in [0.25, 0.3) is 0 Å². The van der Waals surface area contributed by atoms with Crippen molar-refractivity contribution in [3.63, 3.8) is 0 Å². The molecule has 0 saturated heterocycles. The van der Waals surface area contributed by atoms with E-state index in [1.54, 1.807) is 0 Å². The minimum atomic E-state index is 0.731. The van der Waals surface area contributed by atoms with Gasteiger partial charge >= 0.3 is 0 Å². The lowest BCUT2D eigenvalue weighted by molar-refractivity contribution is 0.158. The Labute approximate surface area is 103 Å². The van der Waals surface area contributed by atoms with Crippen LogP contribution in [0.4, 0.5) is 5.69 Å². The first kappa shape index (κ1) is 12.1. The van der Waals surface area contributed by atoms with Gasteiger partial charge in [0.25, 0.3) is 0 Å². The second kappa shape index (κ2) is 6.48. The first-order valence-electron chi connectivity index (χ1n) is 4.50. The van der Waals surface area contributed by atoms with E-state index >= 15 is 0 Å². The molecule has 0 saturated carbocycles. The number of anilines is 1. The lowest BCUT2D eigenvalue weighted by atomic mass is 10.3. The van der Waals surface area contributed by atoms with E-state index in [9.17, 15) is 0 Å². The van der Waals surface area contributed by atoms with Crippen LogP contribution in [-0.2, 0) is 4.74 Å². The summed E-state index contributed by atoms with van der Waals surface area (Å²) >= 11 is 8.10. The van der Waals surface area contributed by atoms with Crippen molar-refractivity contribution in [1.29, 1.82) is 0 Å². The summed E-state index contributed by atoms with van der Waals surface area (Å²) in [5, 5.41) is 4.05. The van der Waals surface area contributed by atoms with Gasteiger partial charge in [-0.25, -0.2) is 0 Å². The van der Waals surface area contributed by atoms with Crippen molar-refractivity contribution < 1.29 is 4.74 Å². The van der Waals surface area contributed by atoms with Gasteiger partial charge in [-0.05, 0) is 47.7 Å². The Hall–Kier alpha value is -0.000000000000000111. The number of ether oxygens (including phenoxy) is 1. The van der Waals surface area contributed by atoms with Gasteiger partial charge in [-0.1, -0.05) is 11.6 Å². The molecule has 0 fully saturated rings. The number of hydrogen-bond acceptors (Lipinski definition) is 2. The Morgan fingerprint density at radius 1 is 1.50 bits per heavy atom. The van der Waals surface area contributed by atoms with E-state index < -0.39 is 0 Å². The summed E-state index contributed by atoms with van der Waals surface area (Å²) in [4.78, 5) is 0. The highest BCUT2D eigenvalue weighted by Gasteiger charge is 1.98. The molecule has 0 spiro atoms. The van der Waals surface area contributed by atoms with Crippen molar-refractivity contribution in [3.8, 4) is 0 Å². The molecule has 1 aromatic carbocycles. The highest BCUT2D eigenvalue weighted by molar-refractivity contribution is 14.1. The monoisotopic (exact) mass is 325 g/mol. The van der Waals surface area contributed by atoms with E-state index in [0.717, 1.165) is 34.0 Å². The quantitative estimate of drug-likeness (QED) is 0.662. The predicted molar refractivity (Wildman–Crippen MR) is 69.2 cm³/mol. The topological polar surface area (TPSA) is 21.3 Å². The van der Waals surface area contributed by atoms with E-state index in [2.05, 4.69) is 27.9 Å². The minimum absolute atomic E-state index is 0.731. The first-order chi connectivity index (χ1) is 6.74. The number of nitrogens with one attached hydrogen (secondary N) is 1. The molecular formula is C10H13ClINO. The van der Waals surface area contributed by atoms with E-state index in [-0.39, 0.29) is 0 Å². The van der Waals surface area contributed by atoms with Gasteiger partial charge in [0.15, 0.2) is 0 Å². The summed E-state index contributed by atoms with van der Waals surface area (Å²) in [6.45, 7) is 4.31. The van der Waals surface area contributed by atoms with Crippen molar-refractivity contribution in [2.45, 2.75) is 6.92 Å². The van der Waals surface area contributed by atoms with Crippen LogP contribution >= 0.6 is 34.2 Å². The second-order valence-electron chi connectivity index (χ2n) is 2.75. The Bertz CT molecular complexity index is 293. The van der Waals surface area contributed by atoms with E-state index in [4.69, 9.17) is 16.3 Å². The maximum Gasteiger partial charge on any atom is 0.0638 e. The molecule has 1 aromatic rings. The molecule has 0 unspecified atom stereocenters. The van der Waals surface area contributed by atoms with Gasteiger partial charge in [0.05, 0.1) is 6.61 Å². The average Bonchev–Trinajstić information content (AvgIpc) is 2.15. The molecular weight excluding hydrogens is 312 g/mol. The summed E-state index contributed by atoms with van der Waals surface area (Å²) in [5.74, 6) is 0. The van der Waals surface area contributed by atoms with E-state index in [1.807, 2.05) is 25.1 Å². The molecule has 0 bridgehead atoms. The average molecular weight is 326 g/mol. The Morgan fingerprint density at radius 2 is 2.29 bits per heavy atom. The SMILES string of the molecule is CCOCCNc1ccc(Cl)cc1I. The molecule has 78 valence electrons. The molecule has 14 heavy (non-hydrogen) atoms. The fourth-order valence-electron chi connectivity index (χ4n) is 1.04. The molecule has 0 radical (unpaired) electrons. The standard InChI is InChI=1S/C10H13ClINO/c1-2-14-6-5-13-10-4-3-8(11)7-9(10)12/h3-4,7,13H,2,5-6H2,1H3. The van der Waals surface area contributed by atoms with Crippen LogP contribution in [0.1, 0.15) is 6.92 Å². The molecule has 0 atom stereocenters. The highest BCUT2D eigenvalue weighted by Crippen LogP contribution is 2.21. The molecule has 0 aliphatic carbocycles. The van der Waals surface area contributed by atoms with Crippen molar-refractivity contribution in [1.82, 2.24) is 0 Å². The first-order valence-corrected chi connectivity index (χ1v) is 5.96. The Kier molecular flexibility index (Phi) is 5.59. The highest BCUT2D eigenvalue weighted by atomic mass is 127. The fourth-order valence-corrected chi connectivity index (χ4v) is 2.10. The molecule has 0 amide bonds. The Balaban J connectivity index is 2.42. The summed E-state index contributed by atoms with van der Waals surface area (Å²) in [6.07, 6.45) is 0. The van der Waals surface area contributed by atoms with Crippen molar-refractivity contribution >= 4 is 39.9 Å². The molecule has 1 rings (SSSR count). The zero-order valence-corrected chi connectivity index (χ0v) is 10.9. The second-order valence-corrected chi connectivity index (χ2v) is 4.35. The lowest BCUT2D eigenvalue weighted by Gasteiger charge is -2.08. The van der Waals surface area contributed by atoms with Gasteiger partial charge in [0, 0.05) is 27.4 Å². The van der Waals surface area contributed by atoms with Crippen LogP contribution in [0.5, 0.6) is 0 Å². The van der Waals surface area contributed by atoms with Crippen LogP contribution in [0.3, 0.4) is 0 Å². The largest absolute Gasteiger partial charge is 0.382 e. The third-order valence-electron chi connectivity index (χ3n) is 1.70. The van der Waals surface area contributed by atoms with Crippen molar-refractivity contribution in [2.75, 3.05) is 25.1 Å². The summed E-state index contributed by atoms with van der Waals surface area (Å²) in [5.41, 5.74) is 1.11. The fraction of sp³-hybridized carbons (Fsp3) is 0.400. The maximum absolute atomic E-state index is 5.84. The molecule has 0 aliphatic rings. The zero-order chi connectivity index (χ0) is 10.4. The van der Waals surface area contributed by atoms with Gasteiger partial charge in [0.2, 0.25) is 0 Å². The summed E-state index contributed by atoms with van der Waals surface area (Å²) in [7, 11) is 0. The Morgan fingerprint density at radius 3 is 2.93 bits per heavy atom. The molecule has 2 nitrogen and oxygen atoms in total. The molecule has 4 heteroatoms. The van der Waals surface area contributed by atoms with E-state index in [0.29, 0.717) is 0 Å². The third kappa shape index (κ3) is 4.02. The molecule has 0 heterocycles. The van der Waals surface area contributed by atoms with E-state index in [1.165, 1.54) is 0 Å². The molecule has 0 aromatic heterocycles. The molecule has 1 N–H and O–H groups in total. The van der Waals surface area contributed by atoms with Gasteiger partial charge in [0.1, 0.15) is 0 Å². The smallest absolute Gasteiger partial charge is 0.0638 e. The minimum Gasteiger partial charge on any atom is -0.382 e. The number of halogens is 2. The van der Waals surface area contributed by atoms with Crippen molar-refractivity contribution in [2.24, 2.45) is 0 Å². The summed E-state index contributed by atoms with van der Waals surface area (Å²) in [6, 6.07) is 5.80. The number of hydrogen-bond donors (Lipinski definition) is 1. The van der Waals surface area contributed by atoms with Gasteiger partial charge < -0.3 is 10.1 Å². The van der Waals surface area contributed by atoms with Crippen LogP contribution in [0.15, 0.2) is 18.2 Å². The number of benzene rings is 1. The van der Waals surface area contributed by atoms with Gasteiger partial charge in [-0.3, -0.25) is 0 Å². The van der Waals surface area contributed by atoms with Crippen LogP contribution in [0, 0.1) is 3.57 Å². The van der Waals surface area contributed by atoms with Gasteiger partial charge in [-0.2, -0.15) is 0 Å². The van der Waals surface area contributed by atoms with Crippen LogP contribution in [-0.4, -0.2) is 19.8 Å². The van der Waals surface area contributed by atoms with Crippen LogP contribution < -0.4 is 5.32 Å². The van der Waals surface area contributed by atoms with Gasteiger partial charge in [-0.15, -0.1) is 0 Å². The van der Waals surface area contributed by atoms with Crippen LogP contribution in [0.2, 0.25) is 5.02 Å². The maximum atomic E-state index is 5.84. The number of rotatable bonds is 5. The third-order valence-corrected chi connectivity index (χ3v) is 2.82. The summed E-state index contributed by atoms with van der Waals surface area (Å²) < 4.78 is 6.36. The zero-order valence-electron chi connectivity index (χ0n) is 8.02. The lowest BCUT2D eigenvalue weighted by Crippen LogP contribution is -2.09.